The Morgan fingerprint density at radius 1 is 1.12 bits per heavy atom. The molecule has 0 saturated heterocycles. The predicted octanol–water partition coefficient (Wildman–Crippen LogP) is 6.09. The number of thiophene rings is 1. The first-order valence-electron chi connectivity index (χ1n) is 10.6. The van der Waals surface area contributed by atoms with Crippen LogP contribution in [0.15, 0.2) is 40.9 Å². The van der Waals surface area contributed by atoms with E-state index in [0.717, 1.165) is 22.1 Å². The highest BCUT2D eigenvalue weighted by atomic mass is 32.2. The molecule has 11 heteroatoms. The summed E-state index contributed by atoms with van der Waals surface area (Å²) in [7, 11) is -4.02. The SMILES string of the molecule is CC(C)Cc1sc(S(=O)(=O)NC(C)(C)C)c(-c2ccc(Cn3ccnc3C(F)(F)F)cc2)c1F. The van der Waals surface area contributed by atoms with E-state index in [2.05, 4.69) is 9.71 Å². The summed E-state index contributed by atoms with van der Waals surface area (Å²) in [6, 6.07) is 6.17. The number of rotatable bonds is 7. The van der Waals surface area contributed by atoms with Gasteiger partial charge in [-0.2, -0.15) is 13.2 Å². The maximum Gasteiger partial charge on any atom is 0.449 e. The van der Waals surface area contributed by atoms with Gasteiger partial charge in [-0.3, -0.25) is 0 Å². The summed E-state index contributed by atoms with van der Waals surface area (Å²) >= 11 is 0.907. The Morgan fingerprint density at radius 2 is 1.74 bits per heavy atom. The Bertz CT molecular complexity index is 1250. The van der Waals surface area contributed by atoms with Crippen molar-refractivity contribution in [3.63, 3.8) is 0 Å². The van der Waals surface area contributed by atoms with Gasteiger partial charge in [-0.15, -0.1) is 11.3 Å². The highest BCUT2D eigenvalue weighted by Gasteiger charge is 2.36. The van der Waals surface area contributed by atoms with Gasteiger partial charge in [0.2, 0.25) is 5.82 Å². The highest BCUT2D eigenvalue weighted by molar-refractivity contribution is 7.91. The lowest BCUT2D eigenvalue weighted by Crippen LogP contribution is -2.40. The minimum atomic E-state index is -4.58. The third-order valence-corrected chi connectivity index (χ3v) is 8.19. The number of aromatic nitrogens is 2. The topological polar surface area (TPSA) is 64.0 Å². The molecule has 0 amide bonds. The molecule has 0 unspecified atom stereocenters. The number of nitrogens with one attached hydrogen (secondary N) is 1. The largest absolute Gasteiger partial charge is 0.449 e. The lowest BCUT2D eigenvalue weighted by Gasteiger charge is -2.20. The summed E-state index contributed by atoms with van der Waals surface area (Å²) in [6.45, 7) is 8.84. The van der Waals surface area contributed by atoms with Gasteiger partial charge >= 0.3 is 6.18 Å². The number of halogens is 4. The van der Waals surface area contributed by atoms with Crippen molar-refractivity contribution >= 4 is 21.4 Å². The second-order valence-corrected chi connectivity index (χ2v) is 12.5. The van der Waals surface area contributed by atoms with Crippen molar-refractivity contribution in [2.75, 3.05) is 0 Å². The molecule has 1 N–H and O–H groups in total. The quantitative estimate of drug-likeness (QED) is 0.386. The number of imidazole rings is 1. The number of hydrogen-bond acceptors (Lipinski definition) is 4. The molecule has 0 aliphatic rings. The van der Waals surface area contributed by atoms with Crippen LogP contribution < -0.4 is 4.72 Å². The van der Waals surface area contributed by atoms with E-state index in [4.69, 9.17) is 0 Å². The fraction of sp³-hybridized carbons (Fsp3) is 0.435. The van der Waals surface area contributed by atoms with E-state index in [9.17, 15) is 21.6 Å². The molecule has 3 aromatic rings. The molecule has 0 aliphatic carbocycles. The van der Waals surface area contributed by atoms with Crippen LogP contribution in [0.4, 0.5) is 17.6 Å². The molecule has 2 aromatic heterocycles. The molecule has 5 nitrogen and oxygen atoms in total. The third-order valence-electron chi connectivity index (χ3n) is 4.73. The smallest absolute Gasteiger partial charge is 0.323 e. The van der Waals surface area contributed by atoms with Crippen molar-refractivity contribution in [3.8, 4) is 11.1 Å². The van der Waals surface area contributed by atoms with Crippen LogP contribution in [-0.2, 0) is 29.2 Å². The standard InChI is InChI=1S/C23H27F4N3O2S2/c1-14(2)12-17-19(24)18(20(33-17)34(31,32)29-22(3,4)5)16-8-6-15(7-9-16)13-30-11-10-28-21(30)23(25,26)27/h6-11,14,29H,12-13H2,1-5H3. The predicted molar refractivity (Wildman–Crippen MR) is 125 cm³/mol. The number of alkyl halides is 3. The van der Waals surface area contributed by atoms with Gasteiger partial charge in [0.25, 0.3) is 10.0 Å². The van der Waals surface area contributed by atoms with Crippen LogP contribution in [0.5, 0.6) is 0 Å². The van der Waals surface area contributed by atoms with Crippen molar-refractivity contribution < 1.29 is 26.0 Å². The first-order valence-corrected chi connectivity index (χ1v) is 12.9. The van der Waals surface area contributed by atoms with Gasteiger partial charge in [-0.25, -0.2) is 22.5 Å². The van der Waals surface area contributed by atoms with Gasteiger partial charge in [0.05, 0.1) is 0 Å². The van der Waals surface area contributed by atoms with Gasteiger partial charge in [0.1, 0.15) is 10.0 Å². The van der Waals surface area contributed by atoms with Crippen molar-refractivity contribution in [1.29, 1.82) is 0 Å². The maximum atomic E-state index is 15.5. The molecule has 0 saturated carbocycles. The molecule has 0 atom stereocenters. The normalized spacial score (nSPS) is 13.1. The zero-order valence-electron chi connectivity index (χ0n) is 19.5. The number of hydrogen-bond donors (Lipinski definition) is 1. The average Bonchev–Trinajstić information content (AvgIpc) is 3.26. The summed E-state index contributed by atoms with van der Waals surface area (Å²) in [5, 5.41) is 0. The van der Waals surface area contributed by atoms with Gasteiger partial charge in [-0.1, -0.05) is 38.1 Å². The summed E-state index contributed by atoms with van der Waals surface area (Å²) in [5.74, 6) is -1.48. The molecule has 0 spiro atoms. The minimum Gasteiger partial charge on any atom is -0.323 e. The molecule has 2 heterocycles. The Morgan fingerprint density at radius 3 is 2.26 bits per heavy atom. The molecule has 0 fully saturated rings. The van der Waals surface area contributed by atoms with Crippen LogP contribution in [-0.4, -0.2) is 23.5 Å². The number of nitrogens with zero attached hydrogens (tertiary/aromatic N) is 2. The fourth-order valence-corrected chi connectivity index (χ4v) is 6.87. The molecule has 34 heavy (non-hydrogen) atoms. The second kappa shape index (κ2) is 9.43. The van der Waals surface area contributed by atoms with Crippen LogP contribution in [0.1, 0.15) is 50.9 Å². The van der Waals surface area contributed by atoms with Gasteiger partial charge in [0, 0.05) is 34.9 Å². The average molecular weight is 518 g/mol. The Labute approximate surface area is 200 Å². The van der Waals surface area contributed by atoms with Crippen molar-refractivity contribution in [2.24, 2.45) is 5.92 Å². The molecule has 0 bridgehead atoms. The zero-order valence-corrected chi connectivity index (χ0v) is 21.1. The highest BCUT2D eigenvalue weighted by Crippen LogP contribution is 2.40. The van der Waals surface area contributed by atoms with Crippen LogP contribution in [0.3, 0.4) is 0 Å². The summed E-state index contributed by atoms with van der Waals surface area (Å²) in [6.07, 6.45) is -1.89. The fourth-order valence-electron chi connectivity index (χ4n) is 3.49. The van der Waals surface area contributed by atoms with Gasteiger partial charge < -0.3 is 4.57 Å². The molecule has 0 aliphatic heterocycles. The van der Waals surface area contributed by atoms with Crippen molar-refractivity contribution in [3.05, 3.63) is 58.7 Å². The van der Waals surface area contributed by atoms with E-state index in [-0.39, 0.29) is 22.2 Å². The summed E-state index contributed by atoms with van der Waals surface area (Å²) in [4.78, 5) is 3.71. The maximum absolute atomic E-state index is 15.5. The van der Waals surface area contributed by atoms with Gasteiger partial charge in [-0.05, 0) is 44.2 Å². The monoisotopic (exact) mass is 517 g/mol. The van der Waals surface area contributed by atoms with E-state index >= 15 is 4.39 Å². The molecule has 1 aromatic carbocycles. The van der Waals surface area contributed by atoms with E-state index in [1.54, 1.807) is 32.9 Å². The van der Waals surface area contributed by atoms with Crippen molar-refractivity contribution in [2.45, 2.75) is 63.5 Å². The van der Waals surface area contributed by atoms with E-state index < -0.39 is 33.4 Å². The molecule has 186 valence electrons. The van der Waals surface area contributed by atoms with Crippen molar-refractivity contribution in [1.82, 2.24) is 14.3 Å². The Kier molecular flexibility index (Phi) is 7.31. The Balaban J connectivity index is 2.02. The molecular formula is C23H27F4N3O2S2. The van der Waals surface area contributed by atoms with Crippen LogP contribution in [0, 0.1) is 11.7 Å². The van der Waals surface area contributed by atoms with Crippen LogP contribution in [0.2, 0.25) is 0 Å². The van der Waals surface area contributed by atoms with E-state index in [0.29, 0.717) is 22.4 Å². The van der Waals surface area contributed by atoms with Crippen LogP contribution >= 0.6 is 11.3 Å². The van der Waals surface area contributed by atoms with Crippen LogP contribution in [0.25, 0.3) is 11.1 Å². The molecule has 0 radical (unpaired) electrons. The first-order chi connectivity index (χ1) is 15.6. The zero-order chi connectivity index (χ0) is 25.5. The van der Waals surface area contributed by atoms with E-state index in [1.807, 2.05) is 13.8 Å². The minimum absolute atomic E-state index is 0.0254. The summed E-state index contributed by atoms with van der Waals surface area (Å²) < 4.78 is 84.4. The summed E-state index contributed by atoms with van der Waals surface area (Å²) in [5.41, 5.74) is 0.0770. The number of sulfonamides is 1. The second-order valence-electron chi connectivity index (χ2n) is 9.53. The van der Waals surface area contributed by atoms with Gasteiger partial charge in [0.15, 0.2) is 0 Å². The molecular weight excluding hydrogens is 490 g/mol. The third kappa shape index (κ3) is 6.05. The molecule has 3 rings (SSSR count). The number of benzene rings is 1. The lowest BCUT2D eigenvalue weighted by atomic mass is 10.0. The Hall–Kier alpha value is -2.24. The van der Waals surface area contributed by atoms with E-state index in [1.165, 1.54) is 18.3 Å². The lowest BCUT2D eigenvalue weighted by molar-refractivity contribution is -0.147. The first kappa shape index (κ1) is 26.4.